The fraction of sp³-hybridized carbons (Fsp3) is 0.176. The molecule has 0 saturated heterocycles. The van der Waals surface area contributed by atoms with Crippen molar-refractivity contribution in [3.63, 3.8) is 0 Å². The van der Waals surface area contributed by atoms with Crippen LogP contribution in [0, 0.1) is 6.92 Å². The van der Waals surface area contributed by atoms with E-state index in [2.05, 4.69) is 5.32 Å². The number of hydrogen-bond donors (Lipinski definition) is 2. The minimum absolute atomic E-state index is 0.0837. The van der Waals surface area contributed by atoms with Gasteiger partial charge in [0, 0.05) is 4.90 Å². The number of benzene rings is 2. The van der Waals surface area contributed by atoms with Crippen molar-refractivity contribution in [2.24, 2.45) is 5.73 Å². The van der Waals surface area contributed by atoms with E-state index >= 15 is 0 Å². The summed E-state index contributed by atoms with van der Waals surface area (Å²) < 4.78 is 5.52. The molecule has 0 fully saturated rings. The Hall–Kier alpha value is -2.47. The Bertz CT molecular complexity index is 704. The van der Waals surface area contributed by atoms with E-state index < -0.39 is 5.91 Å². The smallest absolute Gasteiger partial charge is 0.262 e. The van der Waals surface area contributed by atoms with Gasteiger partial charge in [0.25, 0.3) is 5.91 Å². The van der Waals surface area contributed by atoms with E-state index in [0.29, 0.717) is 11.4 Å². The summed E-state index contributed by atoms with van der Waals surface area (Å²) in [5.74, 6) is 0.172. The van der Waals surface area contributed by atoms with Crippen LogP contribution in [0.25, 0.3) is 0 Å². The highest BCUT2D eigenvalue weighted by Gasteiger charge is 2.09. The summed E-state index contributed by atoms with van der Waals surface area (Å²) in [6, 6.07) is 14.8. The molecule has 23 heavy (non-hydrogen) atoms. The van der Waals surface area contributed by atoms with Gasteiger partial charge in [-0.25, -0.2) is 0 Å². The van der Waals surface area contributed by atoms with Gasteiger partial charge < -0.3 is 15.8 Å². The van der Waals surface area contributed by atoms with Crippen LogP contribution in [0.2, 0.25) is 0 Å². The van der Waals surface area contributed by atoms with Gasteiger partial charge in [-0.3, -0.25) is 9.59 Å². The maximum Gasteiger partial charge on any atom is 0.262 e. The van der Waals surface area contributed by atoms with Gasteiger partial charge in [-0.15, -0.1) is 11.8 Å². The van der Waals surface area contributed by atoms with Crippen molar-refractivity contribution in [3.05, 3.63) is 54.1 Å². The van der Waals surface area contributed by atoms with Crippen molar-refractivity contribution >= 4 is 29.3 Å². The van der Waals surface area contributed by atoms with Crippen molar-refractivity contribution in [2.45, 2.75) is 11.8 Å². The fourth-order valence-electron chi connectivity index (χ4n) is 1.89. The number of thioether (sulfide) groups is 1. The Labute approximate surface area is 139 Å². The second-order valence-electron chi connectivity index (χ2n) is 4.85. The number of carbonyl (C=O) groups is 2. The molecule has 6 heteroatoms. The number of hydrogen-bond acceptors (Lipinski definition) is 4. The zero-order valence-electron chi connectivity index (χ0n) is 12.7. The van der Waals surface area contributed by atoms with E-state index in [9.17, 15) is 9.59 Å². The van der Waals surface area contributed by atoms with Crippen LogP contribution in [-0.2, 0) is 9.59 Å². The molecular weight excluding hydrogens is 312 g/mol. The highest BCUT2D eigenvalue weighted by Crippen LogP contribution is 2.26. The highest BCUT2D eigenvalue weighted by molar-refractivity contribution is 8.00. The maximum absolute atomic E-state index is 12.1. The number of nitrogens with one attached hydrogen (secondary N) is 1. The lowest BCUT2D eigenvalue weighted by atomic mass is 10.2. The number of amides is 2. The molecule has 0 radical (unpaired) electrons. The van der Waals surface area contributed by atoms with E-state index in [1.54, 1.807) is 6.07 Å². The molecule has 0 aliphatic rings. The van der Waals surface area contributed by atoms with Crippen LogP contribution in [0.5, 0.6) is 5.75 Å². The Morgan fingerprint density at radius 3 is 2.57 bits per heavy atom. The number of rotatable bonds is 7. The molecule has 0 atom stereocenters. The average molecular weight is 330 g/mol. The Morgan fingerprint density at radius 1 is 1.13 bits per heavy atom. The van der Waals surface area contributed by atoms with Crippen LogP contribution in [0.4, 0.5) is 5.69 Å². The molecule has 2 rings (SSSR count). The minimum Gasteiger partial charge on any atom is -0.483 e. The summed E-state index contributed by atoms with van der Waals surface area (Å²) in [6.07, 6.45) is 0. The van der Waals surface area contributed by atoms with Gasteiger partial charge in [0.1, 0.15) is 5.75 Å². The molecule has 5 nitrogen and oxygen atoms in total. The molecule has 120 valence electrons. The van der Waals surface area contributed by atoms with Crippen molar-refractivity contribution in [1.29, 1.82) is 0 Å². The maximum atomic E-state index is 12.1. The molecule has 0 aliphatic heterocycles. The van der Waals surface area contributed by atoms with Crippen LogP contribution in [-0.4, -0.2) is 24.2 Å². The average Bonchev–Trinajstić information content (AvgIpc) is 2.53. The summed E-state index contributed by atoms with van der Waals surface area (Å²) >= 11 is 1.28. The summed E-state index contributed by atoms with van der Waals surface area (Å²) in [4.78, 5) is 23.7. The summed E-state index contributed by atoms with van der Waals surface area (Å²) in [5, 5.41) is 2.79. The predicted octanol–water partition coefficient (Wildman–Crippen LogP) is 2.59. The van der Waals surface area contributed by atoms with Gasteiger partial charge in [-0.2, -0.15) is 0 Å². The van der Waals surface area contributed by atoms with Gasteiger partial charge in [0.2, 0.25) is 5.91 Å². The molecule has 0 bridgehead atoms. The number of ether oxygens (including phenoxy) is 1. The lowest BCUT2D eigenvalue weighted by Crippen LogP contribution is -2.21. The molecule has 0 aromatic heterocycles. The van der Waals surface area contributed by atoms with Crippen molar-refractivity contribution in [2.75, 3.05) is 17.7 Å². The number of para-hydroxylation sites is 2. The first-order chi connectivity index (χ1) is 11.1. The number of aryl methyl sites for hydroxylation is 1. The van der Waals surface area contributed by atoms with E-state index in [-0.39, 0.29) is 18.3 Å². The first kappa shape index (κ1) is 16.9. The number of carbonyl (C=O) groups excluding carboxylic acids is 2. The Morgan fingerprint density at radius 2 is 1.83 bits per heavy atom. The van der Waals surface area contributed by atoms with Crippen molar-refractivity contribution < 1.29 is 14.3 Å². The molecule has 2 aromatic carbocycles. The van der Waals surface area contributed by atoms with Gasteiger partial charge >= 0.3 is 0 Å². The standard InChI is InChI=1S/C17H18N2O3S/c1-12-6-2-4-8-14(12)22-10-17(21)19-13-7-3-5-9-15(13)23-11-16(18)20/h2-9H,10-11H2,1H3,(H2,18,20)(H,19,21). The largest absolute Gasteiger partial charge is 0.483 e. The summed E-state index contributed by atoms with van der Waals surface area (Å²) in [7, 11) is 0. The number of anilines is 1. The quantitative estimate of drug-likeness (QED) is 0.765. The number of nitrogens with two attached hydrogens (primary N) is 1. The van der Waals surface area contributed by atoms with Gasteiger partial charge in [-0.1, -0.05) is 30.3 Å². The third-order valence-electron chi connectivity index (χ3n) is 2.98. The Kier molecular flexibility index (Phi) is 6.05. The van der Waals surface area contributed by atoms with Gasteiger partial charge in [0.15, 0.2) is 6.61 Å². The van der Waals surface area contributed by atoms with E-state index in [0.717, 1.165) is 10.5 Å². The topological polar surface area (TPSA) is 81.4 Å². The monoisotopic (exact) mass is 330 g/mol. The Balaban J connectivity index is 1.95. The van der Waals surface area contributed by atoms with Crippen LogP contribution in [0.15, 0.2) is 53.4 Å². The molecule has 0 saturated carbocycles. The number of primary amides is 1. The fourth-order valence-corrected chi connectivity index (χ4v) is 2.64. The highest BCUT2D eigenvalue weighted by atomic mass is 32.2. The molecule has 0 aliphatic carbocycles. The van der Waals surface area contributed by atoms with Gasteiger partial charge in [0.05, 0.1) is 11.4 Å². The lowest BCUT2D eigenvalue weighted by molar-refractivity contribution is -0.118. The zero-order chi connectivity index (χ0) is 16.7. The molecule has 2 aromatic rings. The van der Waals surface area contributed by atoms with Crippen LogP contribution in [0.1, 0.15) is 5.56 Å². The predicted molar refractivity (Wildman–Crippen MR) is 91.7 cm³/mol. The molecule has 2 amide bonds. The first-order valence-corrected chi connectivity index (χ1v) is 8.03. The molecule has 0 unspecified atom stereocenters. The normalized spacial score (nSPS) is 10.1. The third-order valence-corrected chi connectivity index (χ3v) is 4.08. The van der Waals surface area contributed by atoms with Crippen molar-refractivity contribution in [3.8, 4) is 5.75 Å². The second kappa shape index (κ2) is 8.24. The summed E-state index contributed by atoms with van der Waals surface area (Å²) in [6.45, 7) is 1.84. The third kappa shape index (κ3) is 5.34. The lowest BCUT2D eigenvalue weighted by Gasteiger charge is -2.12. The SMILES string of the molecule is Cc1ccccc1OCC(=O)Nc1ccccc1SCC(N)=O. The van der Waals surface area contributed by atoms with Crippen LogP contribution < -0.4 is 15.8 Å². The van der Waals surface area contributed by atoms with Crippen molar-refractivity contribution in [1.82, 2.24) is 0 Å². The molecule has 3 N–H and O–H groups in total. The molecular formula is C17H18N2O3S. The molecule has 0 heterocycles. The van der Waals surface area contributed by atoms with Gasteiger partial charge in [-0.05, 0) is 30.7 Å². The van der Waals surface area contributed by atoms with E-state index in [1.807, 2.05) is 49.4 Å². The minimum atomic E-state index is -0.404. The summed E-state index contributed by atoms with van der Waals surface area (Å²) in [5.41, 5.74) is 6.76. The van der Waals surface area contributed by atoms with Crippen LogP contribution >= 0.6 is 11.8 Å². The zero-order valence-corrected chi connectivity index (χ0v) is 13.6. The first-order valence-electron chi connectivity index (χ1n) is 7.04. The van der Waals surface area contributed by atoms with E-state index in [4.69, 9.17) is 10.5 Å². The second-order valence-corrected chi connectivity index (χ2v) is 5.87. The molecule has 0 spiro atoms. The van der Waals surface area contributed by atoms with Crippen LogP contribution in [0.3, 0.4) is 0 Å². The van der Waals surface area contributed by atoms with E-state index in [1.165, 1.54) is 11.8 Å².